The third kappa shape index (κ3) is 3.85. The summed E-state index contributed by atoms with van der Waals surface area (Å²) >= 11 is 11.8. The zero-order valence-electron chi connectivity index (χ0n) is 14.9. The van der Waals surface area contributed by atoms with Crippen molar-refractivity contribution in [2.75, 3.05) is 26.2 Å². The van der Waals surface area contributed by atoms with Crippen LogP contribution in [0.4, 0.5) is 0 Å². The van der Waals surface area contributed by atoms with Gasteiger partial charge in [0.2, 0.25) is 10.0 Å². The molecule has 0 radical (unpaired) electrons. The molecule has 27 heavy (non-hydrogen) atoms. The first-order chi connectivity index (χ1) is 12.8. The molecule has 2 heterocycles. The molecule has 1 aromatic heterocycles. The van der Waals surface area contributed by atoms with Crippen LogP contribution in [0, 0.1) is 6.92 Å². The van der Waals surface area contributed by atoms with E-state index < -0.39 is 10.0 Å². The molecule has 10 heteroatoms. The molecule has 1 amide bonds. The highest BCUT2D eigenvalue weighted by molar-refractivity contribution is 7.89. The number of rotatable bonds is 4. The number of halogens is 2. The molecule has 146 valence electrons. The van der Waals surface area contributed by atoms with Gasteiger partial charge < -0.3 is 9.42 Å². The monoisotopic (exact) mass is 431 g/mol. The van der Waals surface area contributed by atoms with Gasteiger partial charge in [-0.2, -0.15) is 4.31 Å². The number of aromatic nitrogens is 1. The van der Waals surface area contributed by atoms with Crippen LogP contribution in [0.15, 0.2) is 27.6 Å². The number of benzene rings is 1. The molecule has 0 saturated carbocycles. The van der Waals surface area contributed by atoms with Crippen molar-refractivity contribution in [2.24, 2.45) is 0 Å². The van der Waals surface area contributed by atoms with Gasteiger partial charge in [-0.25, -0.2) is 8.42 Å². The van der Waals surface area contributed by atoms with Crippen LogP contribution in [0.25, 0.3) is 0 Å². The molecule has 1 fully saturated rings. The van der Waals surface area contributed by atoms with E-state index in [1.165, 1.54) is 22.5 Å². The Bertz CT molecular complexity index is 967. The molecular formula is C17H19Cl2N3O4S. The molecule has 1 aliphatic rings. The third-order valence-corrected chi connectivity index (χ3v) is 7.16. The van der Waals surface area contributed by atoms with Crippen molar-refractivity contribution >= 4 is 39.1 Å². The second-order valence-electron chi connectivity index (χ2n) is 6.19. The first-order valence-corrected chi connectivity index (χ1v) is 10.6. The van der Waals surface area contributed by atoms with Crippen molar-refractivity contribution in [3.63, 3.8) is 0 Å². The Balaban J connectivity index is 1.74. The highest BCUT2D eigenvalue weighted by Crippen LogP contribution is 2.27. The average molecular weight is 432 g/mol. The number of hydrogen-bond acceptors (Lipinski definition) is 5. The van der Waals surface area contributed by atoms with Crippen LogP contribution < -0.4 is 0 Å². The minimum atomic E-state index is -3.70. The fourth-order valence-corrected chi connectivity index (χ4v) is 4.82. The Morgan fingerprint density at radius 1 is 1.19 bits per heavy atom. The minimum absolute atomic E-state index is 0.0832. The molecule has 0 atom stereocenters. The van der Waals surface area contributed by atoms with Gasteiger partial charge in [-0.1, -0.05) is 35.3 Å². The van der Waals surface area contributed by atoms with Crippen molar-refractivity contribution in [2.45, 2.75) is 25.2 Å². The smallest absolute Gasteiger partial charge is 0.259 e. The molecule has 7 nitrogen and oxygen atoms in total. The standard InChI is InChI=1S/C17H19Cl2N3O4S/c1-3-15-16(11(2)20-26-15)17(23)21-6-8-22(9-7-21)27(24,25)12-4-5-13(18)14(19)10-12/h4-5,10H,3,6-9H2,1-2H3. The molecule has 1 aliphatic heterocycles. The molecule has 3 rings (SSSR count). The number of carbonyl (C=O) groups excluding carboxylic acids is 1. The van der Waals surface area contributed by atoms with Gasteiger partial charge in [0, 0.05) is 32.6 Å². The maximum absolute atomic E-state index is 12.8. The molecular weight excluding hydrogens is 413 g/mol. The normalized spacial score (nSPS) is 15.9. The summed E-state index contributed by atoms with van der Waals surface area (Å²) in [5.74, 6) is 0.362. The number of hydrogen-bond donors (Lipinski definition) is 0. The maximum Gasteiger partial charge on any atom is 0.259 e. The zero-order valence-corrected chi connectivity index (χ0v) is 17.2. The van der Waals surface area contributed by atoms with Gasteiger partial charge in [-0.15, -0.1) is 0 Å². The Kier molecular flexibility index (Phi) is 5.81. The van der Waals surface area contributed by atoms with Gasteiger partial charge in [0.05, 0.1) is 20.6 Å². The van der Waals surface area contributed by atoms with Crippen LogP contribution in [0.5, 0.6) is 0 Å². The summed E-state index contributed by atoms with van der Waals surface area (Å²) in [6.07, 6.45) is 0.563. The minimum Gasteiger partial charge on any atom is -0.360 e. The molecule has 0 bridgehead atoms. The lowest BCUT2D eigenvalue weighted by Gasteiger charge is -2.34. The Hall–Kier alpha value is -1.61. The molecule has 0 unspecified atom stereocenters. The lowest BCUT2D eigenvalue weighted by molar-refractivity contribution is 0.0695. The fraction of sp³-hybridized carbons (Fsp3) is 0.412. The van der Waals surface area contributed by atoms with Crippen LogP contribution in [0.3, 0.4) is 0 Å². The van der Waals surface area contributed by atoms with E-state index >= 15 is 0 Å². The van der Waals surface area contributed by atoms with Crippen LogP contribution in [-0.4, -0.2) is 54.9 Å². The van der Waals surface area contributed by atoms with Crippen molar-refractivity contribution in [1.29, 1.82) is 0 Å². The largest absolute Gasteiger partial charge is 0.360 e. The number of nitrogens with zero attached hydrogens (tertiary/aromatic N) is 3. The van der Waals surface area contributed by atoms with Gasteiger partial charge in [-0.05, 0) is 25.1 Å². The van der Waals surface area contributed by atoms with Gasteiger partial charge in [0.15, 0.2) is 0 Å². The van der Waals surface area contributed by atoms with Crippen LogP contribution in [0.2, 0.25) is 10.0 Å². The third-order valence-electron chi connectivity index (χ3n) is 4.52. The predicted molar refractivity (Wildman–Crippen MR) is 102 cm³/mol. The molecule has 1 saturated heterocycles. The second-order valence-corrected chi connectivity index (χ2v) is 8.94. The van der Waals surface area contributed by atoms with Crippen molar-refractivity contribution in [3.8, 4) is 0 Å². The van der Waals surface area contributed by atoms with Crippen LogP contribution in [-0.2, 0) is 16.4 Å². The first-order valence-electron chi connectivity index (χ1n) is 8.45. The highest BCUT2D eigenvalue weighted by atomic mass is 35.5. The van der Waals surface area contributed by atoms with Crippen LogP contribution in [0.1, 0.15) is 28.7 Å². The van der Waals surface area contributed by atoms with E-state index in [1.807, 2.05) is 6.92 Å². The van der Waals surface area contributed by atoms with Crippen molar-refractivity contribution < 1.29 is 17.7 Å². The maximum atomic E-state index is 12.8. The topological polar surface area (TPSA) is 83.7 Å². The van der Waals surface area contributed by atoms with E-state index in [0.29, 0.717) is 28.5 Å². The summed E-state index contributed by atoms with van der Waals surface area (Å²) < 4.78 is 32.1. The number of carbonyl (C=O) groups is 1. The number of aryl methyl sites for hydroxylation is 2. The average Bonchev–Trinajstić information content (AvgIpc) is 3.04. The summed E-state index contributed by atoms with van der Waals surface area (Å²) in [6.45, 7) is 4.57. The molecule has 0 spiro atoms. The Morgan fingerprint density at radius 2 is 1.85 bits per heavy atom. The Morgan fingerprint density at radius 3 is 2.44 bits per heavy atom. The van der Waals surface area contributed by atoms with E-state index in [1.54, 1.807) is 11.8 Å². The highest BCUT2D eigenvalue weighted by Gasteiger charge is 2.32. The summed E-state index contributed by atoms with van der Waals surface area (Å²) in [5, 5.41) is 4.34. The molecule has 0 aliphatic carbocycles. The lowest BCUT2D eigenvalue weighted by atomic mass is 10.1. The van der Waals surface area contributed by atoms with Crippen molar-refractivity contribution in [3.05, 3.63) is 45.3 Å². The first kappa shape index (κ1) is 20.1. The van der Waals surface area contributed by atoms with E-state index in [0.717, 1.165) is 0 Å². The number of piperazine rings is 1. The molecule has 2 aromatic rings. The number of sulfonamides is 1. The quantitative estimate of drug-likeness (QED) is 0.742. The van der Waals surface area contributed by atoms with Crippen molar-refractivity contribution in [1.82, 2.24) is 14.4 Å². The number of amides is 1. The van der Waals surface area contributed by atoms with E-state index in [4.69, 9.17) is 27.7 Å². The van der Waals surface area contributed by atoms with Crippen LogP contribution >= 0.6 is 23.2 Å². The van der Waals surface area contributed by atoms with E-state index in [9.17, 15) is 13.2 Å². The zero-order chi connectivity index (χ0) is 19.8. The molecule has 1 aromatic carbocycles. The lowest BCUT2D eigenvalue weighted by Crippen LogP contribution is -2.50. The summed E-state index contributed by atoms with van der Waals surface area (Å²) in [7, 11) is -3.70. The van der Waals surface area contributed by atoms with Gasteiger partial charge in [-0.3, -0.25) is 4.79 Å². The van der Waals surface area contributed by atoms with E-state index in [-0.39, 0.29) is 42.0 Å². The fourth-order valence-electron chi connectivity index (χ4n) is 3.01. The summed E-state index contributed by atoms with van der Waals surface area (Å²) in [4.78, 5) is 14.5. The summed E-state index contributed by atoms with van der Waals surface area (Å²) in [5.41, 5.74) is 1.01. The summed E-state index contributed by atoms with van der Waals surface area (Å²) in [6, 6.07) is 4.22. The van der Waals surface area contributed by atoms with E-state index in [2.05, 4.69) is 5.16 Å². The van der Waals surface area contributed by atoms with Gasteiger partial charge in [0.25, 0.3) is 5.91 Å². The molecule has 0 N–H and O–H groups in total. The SMILES string of the molecule is CCc1onc(C)c1C(=O)N1CCN(S(=O)(=O)c2ccc(Cl)c(Cl)c2)CC1. The predicted octanol–water partition coefficient (Wildman–Crippen LogP) is 3.00. The Labute approximate surface area is 167 Å². The second kappa shape index (κ2) is 7.79. The van der Waals surface area contributed by atoms with Gasteiger partial charge >= 0.3 is 0 Å². The van der Waals surface area contributed by atoms with Gasteiger partial charge in [0.1, 0.15) is 11.3 Å².